The summed E-state index contributed by atoms with van der Waals surface area (Å²) in [6.07, 6.45) is 0. The van der Waals surface area contributed by atoms with E-state index in [-0.39, 0.29) is 24.3 Å². The molecule has 0 spiro atoms. The highest BCUT2D eigenvalue weighted by molar-refractivity contribution is 6.21. The maximum atomic E-state index is 12.8. The number of nitrogens with two attached hydrogens (primary N) is 1. The van der Waals surface area contributed by atoms with Crippen molar-refractivity contribution in [3.05, 3.63) is 106 Å². The molecule has 160 valence electrons. The van der Waals surface area contributed by atoms with E-state index in [9.17, 15) is 19.2 Å². The fraction of sp³-hybridized carbons (Fsp3) is 0.120. The van der Waals surface area contributed by atoms with E-state index in [1.54, 1.807) is 78.7 Å². The molecule has 0 bridgehead atoms. The van der Waals surface area contributed by atoms with E-state index in [0.717, 1.165) is 11.1 Å². The summed E-state index contributed by atoms with van der Waals surface area (Å²) < 4.78 is 0. The molecular weight excluding hydrogens is 406 g/mol. The zero-order valence-electron chi connectivity index (χ0n) is 17.4. The highest BCUT2D eigenvalue weighted by Gasteiger charge is 2.34. The Kier molecular flexibility index (Phi) is 5.55. The summed E-state index contributed by atoms with van der Waals surface area (Å²) in [4.78, 5) is 52.0. The number of fused-ring (bicyclic) bond motifs is 1. The predicted molar refractivity (Wildman–Crippen MR) is 118 cm³/mol. The van der Waals surface area contributed by atoms with Crippen LogP contribution in [0.4, 0.5) is 0 Å². The molecule has 1 aliphatic heterocycles. The van der Waals surface area contributed by atoms with E-state index in [0.29, 0.717) is 28.8 Å². The van der Waals surface area contributed by atoms with Crippen LogP contribution in [0.5, 0.6) is 0 Å². The zero-order valence-corrected chi connectivity index (χ0v) is 17.4. The van der Waals surface area contributed by atoms with Crippen LogP contribution < -0.4 is 5.73 Å². The van der Waals surface area contributed by atoms with Crippen molar-refractivity contribution in [2.75, 3.05) is 7.05 Å². The minimum absolute atomic E-state index is 0.135. The molecule has 0 aromatic heterocycles. The van der Waals surface area contributed by atoms with Crippen molar-refractivity contribution < 1.29 is 19.2 Å². The molecule has 0 saturated heterocycles. The molecule has 1 aliphatic rings. The van der Waals surface area contributed by atoms with E-state index in [1.165, 1.54) is 4.90 Å². The highest BCUT2D eigenvalue weighted by Crippen LogP contribution is 2.24. The molecular formula is C25H21N3O4. The third kappa shape index (κ3) is 4.00. The van der Waals surface area contributed by atoms with Crippen molar-refractivity contribution >= 4 is 23.6 Å². The fourth-order valence-electron chi connectivity index (χ4n) is 3.71. The second-order valence-electron chi connectivity index (χ2n) is 7.66. The van der Waals surface area contributed by atoms with Crippen molar-refractivity contribution in [3.63, 3.8) is 0 Å². The van der Waals surface area contributed by atoms with Crippen LogP contribution in [0, 0.1) is 0 Å². The quantitative estimate of drug-likeness (QED) is 0.611. The first-order valence-corrected chi connectivity index (χ1v) is 10.0. The minimum atomic E-state index is -0.519. The Balaban J connectivity index is 1.43. The Morgan fingerprint density at radius 2 is 1.44 bits per heavy atom. The van der Waals surface area contributed by atoms with Crippen LogP contribution in [0.2, 0.25) is 0 Å². The number of hydrogen-bond donors (Lipinski definition) is 1. The van der Waals surface area contributed by atoms with Crippen molar-refractivity contribution in [3.8, 4) is 0 Å². The molecule has 7 heteroatoms. The van der Waals surface area contributed by atoms with Gasteiger partial charge in [0, 0.05) is 24.7 Å². The third-order valence-electron chi connectivity index (χ3n) is 5.40. The average molecular weight is 427 g/mol. The molecule has 0 saturated carbocycles. The molecule has 0 radical (unpaired) electrons. The van der Waals surface area contributed by atoms with Gasteiger partial charge < -0.3 is 10.6 Å². The molecule has 0 atom stereocenters. The smallest absolute Gasteiger partial charge is 0.261 e. The van der Waals surface area contributed by atoms with E-state index in [4.69, 9.17) is 5.73 Å². The van der Waals surface area contributed by atoms with Gasteiger partial charge in [-0.05, 0) is 47.5 Å². The summed E-state index contributed by atoms with van der Waals surface area (Å²) in [7, 11) is 1.67. The number of primary amides is 1. The Bertz CT molecular complexity index is 1200. The number of rotatable bonds is 6. The Morgan fingerprint density at radius 3 is 2.03 bits per heavy atom. The van der Waals surface area contributed by atoms with Crippen LogP contribution >= 0.6 is 0 Å². The molecule has 7 nitrogen and oxygen atoms in total. The molecule has 2 N–H and O–H groups in total. The Labute approximate surface area is 185 Å². The first kappa shape index (κ1) is 21.0. The number of carbonyl (C=O) groups excluding carboxylic acids is 4. The van der Waals surface area contributed by atoms with Crippen LogP contribution in [0.3, 0.4) is 0 Å². The minimum Gasteiger partial charge on any atom is -0.366 e. The summed E-state index contributed by atoms with van der Waals surface area (Å²) in [6.45, 7) is 0.452. The van der Waals surface area contributed by atoms with Gasteiger partial charge in [-0.15, -0.1) is 0 Å². The second-order valence-corrected chi connectivity index (χ2v) is 7.66. The van der Waals surface area contributed by atoms with Gasteiger partial charge in [-0.25, -0.2) is 0 Å². The number of amides is 4. The maximum Gasteiger partial charge on any atom is 0.261 e. The van der Waals surface area contributed by atoms with Gasteiger partial charge in [0.05, 0.1) is 17.7 Å². The summed E-state index contributed by atoms with van der Waals surface area (Å²) in [5, 5.41) is 0. The van der Waals surface area contributed by atoms with Crippen LogP contribution in [-0.2, 0) is 13.1 Å². The van der Waals surface area contributed by atoms with Gasteiger partial charge in [0.15, 0.2) is 0 Å². The average Bonchev–Trinajstić information content (AvgIpc) is 3.04. The maximum absolute atomic E-state index is 12.8. The lowest BCUT2D eigenvalue weighted by Gasteiger charge is -2.18. The van der Waals surface area contributed by atoms with Gasteiger partial charge >= 0.3 is 0 Å². The zero-order chi connectivity index (χ0) is 22.8. The molecule has 3 aromatic carbocycles. The van der Waals surface area contributed by atoms with E-state index >= 15 is 0 Å². The van der Waals surface area contributed by atoms with E-state index < -0.39 is 5.91 Å². The predicted octanol–water partition coefficient (Wildman–Crippen LogP) is 2.85. The number of nitrogens with zero attached hydrogens (tertiary/aromatic N) is 2. The van der Waals surface area contributed by atoms with E-state index in [1.807, 2.05) is 6.07 Å². The monoisotopic (exact) mass is 427 g/mol. The molecule has 0 unspecified atom stereocenters. The molecule has 0 aliphatic carbocycles. The van der Waals surface area contributed by atoms with Crippen LogP contribution in [0.15, 0.2) is 72.8 Å². The van der Waals surface area contributed by atoms with E-state index in [2.05, 4.69) is 0 Å². The first-order chi connectivity index (χ1) is 15.3. The summed E-state index contributed by atoms with van der Waals surface area (Å²) >= 11 is 0. The number of imide groups is 1. The first-order valence-electron chi connectivity index (χ1n) is 10.0. The standard InChI is InChI=1S/C25H21N3O4/c1-27(14-17-5-4-6-19(13-17)22(26)29)23(30)18-11-9-16(10-12-18)15-28-24(31)20-7-2-3-8-21(20)25(28)32/h2-13H,14-15H2,1H3,(H2,26,29). The SMILES string of the molecule is CN(Cc1cccc(C(N)=O)c1)C(=O)c1ccc(CN2C(=O)c3ccccc3C2=O)cc1. The molecule has 4 amide bonds. The van der Waals surface area contributed by atoms with Crippen LogP contribution in [0.25, 0.3) is 0 Å². The highest BCUT2D eigenvalue weighted by atomic mass is 16.2. The number of hydrogen-bond acceptors (Lipinski definition) is 4. The molecule has 32 heavy (non-hydrogen) atoms. The lowest BCUT2D eigenvalue weighted by atomic mass is 10.1. The Hall–Kier alpha value is -4.26. The lowest BCUT2D eigenvalue weighted by molar-refractivity contribution is 0.0641. The van der Waals surface area contributed by atoms with Gasteiger partial charge in [-0.2, -0.15) is 0 Å². The van der Waals surface area contributed by atoms with Crippen LogP contribution in [-0.4, -0.2) is 40.5 Å². The van der Waals surface area contributed by atoms with Crippen molar-refractivity contribution in [1.82, 2.24) is 9.80 Å². The van der Waals surface area contributed by atoms with Gasteiger partial charge in [-0.1, -0.05) is 36.4 Å². The Morgan fingerprint density at radius 1 is 0.812 bits per heavy atom. The largest absolute Gasteiger partial charge is 0.366 e. The number of carbonyl (C=O) groups is 4. The second kappa shape index (κ2) is 8.47. The third-order valence-corrected chi connectivity index (χ3v) is 5.40. The van der Waals surface area contributed by atoms with Crippen molar-refractivity contribution in [2.24, 2.45) is 5.73 Å². The van der Waals surface area contributed by atoms with Gasteiger partial charge in [0.2, 0.25) is 5.91 Å². The van der Waals surface area contributed by atoms with Gasteiger partial charge in [0.1, 0.15) is 0 Å². The molecule has 1 heterocycles. The normalized spacial score (nSPS) is 12.6. The van der Waals surface area contributed by atoms with Crippen molar-refractivity contribution in [1.29, 1.82) is 0 Å². The summed E-state index contributed by atoms with van der Waals surface area (Å²) in [5.74, 6) is -1.34. The summed E-state index contributed by atoms with van der Waals surface area (Å²) in [5.41, 5.74) is 8.53. The lowest BCUT2D eigenvalue weighted by Crippen LogP contribution is -2.29. The van der Waals surface area contributed by atoms with Gasteiger partial charge in [0.25, 0.3) is 17.7 Å². The molecule has 0 fully saturated rings. The molecule has 4 rings (SSSR count). The van der Waals surface area contributed by atoms with Crippen LogP contribution in [0.1, 0.15) is 52.6 Å². The van der Waals surface area contributed by atoms with Crippen molar-refractivity contribution in [2.45, 2.75) is 13.1 Å². The molecule has 3 aromatic rings. The summed E-state index contributed by atoms with van der Waals surface area (Å²) in [6, 6.07) is 20.4. The fourth-order valence-corrected chi connectivity index (χ4v) is 3.71. The van der Waals surface area contributed by atoms with Gasteiger partial charge in [-0.3, -0.25) is 24.1 Å². The number of benzene rings is 3. The topological polar surface area (TPSA) is 101 Å².